The van der Waals surface area contributed by atoms with Gasteiger partial charge in [0, 0.05) is 13.0 Å². The lowest BCUT2D eigenvalue weighted by atomic mass is 10.2. The average Bonchev–Trinajstić information content (AvgIpc) is 2.20. The van der Waals surface area contributed by atoms with Crippen LogP contribution in [0.25, 0.3) is 0 Å². The Morgan fingerprint density at radius 2 is 1.81 bits per heavy atom. The number of hydrogen-bond donors (Lipinski definition) is 1. The number of Topliss-reactive ketones (excluding diaryl/α,β-unsaturated/α-hetero) is 1. The Labute approximate surface area is 103 Å². The summed E-state index contributed by atoms with van der Waals surface area (Å²) in [5, 5.41) is 0. The van der Waals surface area contributed by atoms with Gasteiger partial charge in [-0.15, -0.1) is 12.4 Å². The van der Waals surface area contributed by atoms with Crippen molar-refractivity contribution in [2.24, 2.45) is 0 Å². The normalized spacial score (nSPS) is 9.38. The zero-order chi connectivity index (χ0) is 11.5. The van der Waals surface area contributed by atoms with E-state index in [1.165, 1.54) is 19.8 Å². The Kier molecular flexibility index (Phi) is 13.8. The minimum absolute atomic E-state index is 0. The van der Waals surface area contributed by atoms with Crippen LogP contribution in [0, 0.1) is 0 Å². The van der Waals surface area contributed by atoms with E-state index in [0.29, 0.717) is 6.54 Å². The van der Waals surface area contributed by atoms with Crippen molar-refractivity contribution in [3.05, 3.63) is 0 Å². The van der Waals surface area contributed by atoms with Crippen molar-refractivity contribution in [1.82, 2.24) is 5.48 Å². The zero-order valence-electron chi connectivity index (χ0n) is 10.1. The molecule has 0 amide bonds. The molecule has 0 fully saturated rings. The molecule has 4 nitrogen and oxygen atoms in total. The van der Waals surface area contributed by atoms with Gasteiger partial charge in [0.2, 0.25) is 0 Å². The summed E-state index contributed by atoms with van der Waals surface area (Å²) in [5.41, 5.74) is 2.61. The number of carbonyl (C=O) groups is 2. The van der Waals surface area contributed by atoms with Crippen molar-refractivity contribution in [2.45, 2.75) is 52.4 Å². The maximum Gasteiger partial charge on any atom is 0.325 e. The number of nitrogens with one attached hydrogen (secondary N) is 1. The highest BCUT2D eigenvalue weighted by molar-refractivity contribution is 5.85. The Balaban J connectivity index is 0. The standard InChI is InChI=1S/C11H21NO3.ClH/c1-3-4-5-6-9-12-15-11(14)8-7-10(2)13;/h12H,3-9H2,1-2H3;1H. The molecule has 0 aromatic rings. The number of carbonyl (C=O) groups excluding carboxylic acids is 2. The van der Waals surface area contributed by atoms with Crippen LogP contribution >= 0.6 is 12.4 Å². The van der Waals surface area contributed by atoms with E-state index < -0.39 is 0 Å². The van der Waals surface area contributed by atoms with Gasteiger partial charge in [0.1, 0.15) is 5.78 Å². The molecule has 0 rings (SSSR count). The molecule has 0 radical (unpaired) electrons. The third kappa shape index (κ3) is 13.4. The van der Waals surface area contributed by atoms with Crippen LogP contribution in [-0.2, 0) is 14.4 Å². The summed E-state index contributed by atoms with van der Waals surface area (Å²) >= 11 is 0. The van der Waals surface area contributed by atoms with E-state index in [1.54, 1.807) is 0 Å². The number of ketones is 1. The number of hydrogen-bond acceptors (Lipinski definition) is 4. The molecule has 0 bridgehead atoms. The van der Waals surface area contributed by atoms with Crippen LogP contribution in [0.15, 0.2) is 0 Å². The minimum Gasteiger partial charge on any atom is -0.371 e. The highest BCUT2D eigenvalue weighted by atomic mass is 35.5. The predicted molar refractivity (Wildman–Crippen MR) is 65.4 cm³/mol. The second-order valence-electron chi connectivity index (χ2n) is 3.63. The largest absolute Gasteiger partial charge is 0.371 e. The molecule has 0 saturated carbocycles. The smallest absolute Gasteiger partial charge is 0.325 e. The van der Waals surface area contributed by atoms with Gasteiger partial charge in [-0.3, -0.25) is 4.79 Å². The summed E-state index contributed by atoms with van der Waals surface area (Å²) in [7, 11) is 0. The van der Waals surface area contributed by atoms with E-state index >= 15 is 0 Å². The molecule has 0 spiro atoms. The predicted octanol–water partition coefficient (Wildman–Crippen LogP) is 2.41. The fourth-order valence-electron chi connectivity index (χ4n) is 1.08. The molecule has 0 unspecified atom stereocenters. The zero-order valence-corrected chi connectivity index (χ0v) is 10.9. The van der Waals surface area contributed by atoms with Crippen LogP contribution in [0.3, 0.4) is 0 Å². The number of hydroxylamine groups is 1. The molecule has 5 heteroatoms. The minimum atomic E-state index is -0.360. The molecule has 0 aliphatic carbocycles. The van der Waals surface area contributed by atoms with Gasteiger partial charge in [-0.25, -0.2) is 0 Å². The SMILES string of the molecule is CCCCCCNOC(=O)CCC(C)=O.Cl. The van der Waals surface area contributed by atoms with Gasteiger partial charge >= 0.3 is 5.97 Å². The quantitative estimate of drug-likeness (QED) is 0.505. The lowest BCUT2D eigenvalue weighted by Gasteiger charge is -2.04. The van der Waals surface area contributed by atoms with Crippen LogP contribution in [0.1, 0.15) is 52.4 Å². The van der Waals surface area contributed by atoms with Gasteiger partial charge in [-0.1, -0.05) is 26.2 Å². The third-order valence-corrected chi connectivity index (χ3v) is 2.00. The van der Waals surface area contributed by atoms with Gasteiger partial charge in [-0.2, -0.15) is 5.48 Å². The summed E-state index contributed by atoms with van der Waals surface area (Å²) in [5.74, 6) is -0.351. The number of halogens is 1. The fourth-order valence-corrected chi connectivity index (χ4v) is 1.08. The van der Waals surface area contributed by atoms with Crippen molar-refractivity contribution in [3.8, 4) is 0 Å². The van der Waals surface area contributed by atoms with Gasteiger partial charge < -0.3 is 9.63 Å². The highest BCUT2D eigenvalue weighted by Gasteiger charge is 2.04. The molecule has 0 heterocycles. The monoisotopic (exact) mass is 251 g/mol. The molecule has 1 N–H and O–H groups in total. The van der Waals surface area contributed by atoms with Crippen molar-refractivity contribution < 1.29 is 14.4 Å². The van der Waals surface area contributed by atoms with E-state index in [0.717, 1.165) is 12.8 Å². The fraction of sp³-hybridized carbons (Fsp3) is 0.818. The molecular formula is C11H22ClNO3. The summed E-state index contributed by atoms with van der Waals surface area (Å²) in [6, 6.07) is 0. The topological polar surface area (TPSA) is 55.4 Å². The van der Waals surface area contributed by atoms with Crippen molar-refractivity contribution in [1.29, 1.82) is 0 Å². The Bertz CT molecular complexity index is 198. The van der Waals surface area contributed by atoms with Crippen molar-refractivity contribution in [3.63, 3.8) is 0 Å². The van der Waals surface area contributed by atoms with Crippen LogP contribution in [0.4, 0.5) is 0 Å². The maximum atomic E-state index is 11.0. The highest BCUT2D eigenvalue weighted by Crippen LogP contribution is 1.97. The van der Waals surface area contributed by atoms with Gasteiger partial charge in [-0.05, 0) is 13.3 Å². The Hall–Kier alpha value is -0.610. The van der Waals surface area contributed by atoms with Crippen molar-refractivity contribution >= 4 is 24.2 Å². The van der Waals surface area contributed by atoms with E-state index in [9.17, 15) is 9.59 Å². The van der Waals surface area contributed by atoms with Gasteiger partial charge in [0.15, 0.2) is 0 Å². The van der Waals surface area contributed by atoms with Crippen LogP contribution in [0.5, 0.6) is 0 Å². The summed E-state index contributed by atoms with van der Waals surface area (Å²) in [4.78, 5) is 26.3. The van der Waals surface area contributed by atoms with Gasteiger partial charge in [0.25, 0.3) is 0 Å². The van der Waals surface area contributed by atoms with Crippen LogP contribution in [-0.4, -0.2) is 18.3 Å². The van der Waals surface area contributed by atoms with E-state index in [4.69, 9.17) is 4.84 Å². The van der Waals surface area contributed by atoms with Gasteiger partial charge in [0.05, 0.1) is 6.42 Å². The molecular weight excluding hydrogens is 230 g/mol. The summed E-state index contributed by atoms with van der Waals surface area (Å²) < 4.78 is 0. The Morgan fingerprint density at radius 1 is 1.12 bits per heavy atom. The van der Waals surface area contributed by atoms with E-state index in [-0.39, 0.29) is 37.0 Å². The summed E-state index contributed by atoms with van der Waals surface area (Å²) in [6.45, 7) is 4.30. The third-order valence-electron chi connectivity index (χ3n) is 2.00. The van der Waals surface area contributed by atoms with E-state index in [2.05, 4.69) is 12.4 Å². The molecule has 0 aliphatic rings. The molecule has 16 heavy (non-hydrogen) atoms. The Morgan fingerprint density at radius 3 is 2.38 bits per heavy atom. The molecule has 0 aromatic heterocycles. The number of unbranched alkanes of at least 4 members (excludes halogenated alkanes) is 3. The first-order valence-corrected chi connectivity index (χ1v) is 5.58. The molecule has 0 aromatic carbocycles. The lowest BCUT2D eigenvalue weighted by molar-refractivity contribution is -0.151. The lowest BCUT2D eigenvalue weighted by Crippen LogP contribution is -2.21. The molecule has 0 atom stereocenters. The molecule has 96 valence electrons. The first kappa shape index (κ1) is 17.8. The second kappa shape index (κ2) is 12.5. The van der Waals surface area contributed by atoms with Crippen LogP contribution < -0.4 is 5.48 Å². The van der Waals surface area contributed by atoms with Crippen molar-refractivity contribution in [2.75, 3.05) is 6.54 Å². The second-order valence-corrected chi connectivity index (χ2v) is 3.63. The number of rotatable bonds is 9. The summed E-state index contributed by atoms with van der Waals surface area (Å²) in [6.07, 6.45) is 4.98. The molecule has 0 saturated heterocycles. The van der Waals surface area contributed by atoms with Crippen LogP contribution in [0.2, 0.25) is 0 Å². The first-order chi connectivity index (χ1) is 7.16. The first-order valence-electron chi connectivity index (χ1n) is 5.58. The maximum absolute atomic E-state index is 11.0. The molecule has 0 aliphatic heterocycles. The average molecular weight is 252 g/mol. The van der Waals surface area contributed by atoms with E-state index in [1.807, 2.05) is 0 Å².